The summed E-state index contributed by atoms with van der Waals surface area (Å²) < 4.78 is 0. The van der Waals surface area contributed by atoms with E-state index in [1.165, 1.54) is 37.7 Å². The normalized spacial score (nSPS) is 26.5. The molecular weight excluding hydrogens is 182 g/mol. The number of anilines is 1. The second-order valence-corrected chi connectivity index (χ2v) is 4.73. The van der Waals surface area contributed by atoms with Gasteiger partial charge in [0.15, 0.2) is 0 Å². The van der Waals surface area contributed by atoms with E-state index < -0.39 is 0 Å². The third kappa shape index (κ3) is 2.34. The van der Waals surface area contributed by atoms with Crippen LogP contribution in [0.15, 0.2) is 24.3 Å². The molecule has 0 radical (unpaired) electrons. The van der Waals surface area contributed by atoms with Gasteiger partial charge in [-0.25, -0.2) is 0 Å². The third-order valence-electron chi connectivity index (χ3n) is 3.80. The molecule has 1 heteroatoms. The molecule has 1 aromatic rings. The predicted octanol–water partition coefficient (Wildman–Crippen LogP) is 3.95. The molecule has 82 valence electrons. The number of rotatable bonds is 2. The first-order chi connectivity index (χ1) is 7.31. The molecule has 15 heavy (non-hydrogen) atoms. The Labute approximate surface area is 92.7 Å². The smallest absolute Gasteiger partial charge is 0.0314 e. The summed E-state index contributed by atoms with van der Waals surface area (Å²) in [5.41, 5.74) is 8.10. The van der Waals surface area contributed by atoms with E-state index in [1.54, 1.807) is 0 Å². The highest BCUT2D eigenvalue weighted by Gasteiger charge is 2.24. The summed E-state index contributed by atoms with van der Waals surface area (Å²) in [6.07, 6.45) is 6.90. The van der Waals surface area contributed by atoms with Gasteiger partial charge in [-0.3, -0.25) is 0 Å². The molecule has 0 saturated heterocycles. The first kappa shape index (κ1) is 10.5. The van der Waals surface area contributed by atoms with Crippen molar-refractivity contribution in [1.82, 2.24) is 0 Å². The largest absolute Gasteiger partial charge is 0.399 e. The van der Waals surface area contributed by atoms with Crippen LogP contribution in [-0.4, -0.2) is 0 Å². The van der Waals surface area contributed by atoms with Gasteiger partial charge in [-0.2, -0.15) is 0 Å². The summed E-state index contributed by atoms with van der Waals surface area (Å²) in [6.45, 7) is 2.32. The van der Waals surface area contributed by atoms with Gasteiger partial charge >= 0.3 is 0 Å². The first-order valence-corrected chi connectivity index (χ1v) is 6.16. The zero-order chi connectivity index (χ0) is 10.7. The Kier molecular flexibility index (Phi) is 3.30. The molecule has 0 amide bonds. The molecule has 0 bridgehead atoms. The molecule has 1 aromatic carbocycles. The highest BCUT2D eigenvalue weighted by Crippen LogP contribution is 2.39. The summed E-state index contributed by atoms with van der Waals surface area (Å²) in [6, 6.07) is 8.51. The van der Waals surface area contributed by atoms with Crippen LogP contribution in [-0.2, 0) is 0 Å². The maximum atomic E-state index is 5.72. The van der Waals surface area contributed by atoms with Gasteiger partial charge in [0, 0.05) is 5.69 Å². The molecule has 0 aromatic heterocycles. The molecule has 0 aliphatic heterocycles. The minimum absolute atomic E-state index is 0.782. The van der Waals surface area contributed by atoms with Gasteiger partial charge in [0.2, 0.25) is 0 Å². The molecule has 0 unspecified atom stereocenters. The van der Waals surface area contributed by atoms with E-state index in [1.807, 2.05) is 12.1 Å². The van der Waals surface area contributed by atoms with Crippen molar-refractivity contribution in [1.29, 1.82) is 0 Å². The summed E-state index contributed by atoms with van der Waals surface area (Å²) in [7, 11) is 0. The summed E-state index contributed by atoms with van der Waals surface area (Å²) in [5.74, 6) is 1.67. The lowest BCUT2D eigenvalue weighted by Crippen LogP contribution is -2.16. The Morgan fingerprint density at radius 2 is 1.80 bits per heavy atom. The average molecular weight is 203 g/mol. The Hall–Kier alpha value is -0.980. The highest BCUT2D eigenvalue weighted by molar-refractivity contribution is 5.40. The van der Waals surface area contributed by atoms with Crippen LogP contribution < -0.4 is 5.73 Å². The van der Waals surface area contributed by atoms with Crippen LogP contribution in [0, 0.1) is 5.92 Å². The van der Waals surface area contributed by atoms with Gasteiger partial charge in [0.1, 0.15) is 0 Å². The second kappa shape index (κ2) is 4.69. The van der Waals surface area contributed by atoms with E-state index in [9.17, 15) is 0 Å². The van der Waals surface area contributed by atoms with Crippen molar-refractivity contribution in [3.63, 3.8) is 0 Å². The second-order valence-electron chi connectivity index (χ2n) is 4.73. The van der Waals surface area contributed by atoms with Gasteiger partial charge in [-0.15, -0.1) is 0 Å². The predicted molar refractivity (Wildman–Crippen MR) is 65.8 cm³/mol. The number of hydrogen-bond donors (Lipinski definition) is 1. The van der Waals surface area contributed by atoms with Gasteiger partial charge in [0.05, 0.1) is 0 Å². The molecular formula is C14H21N. The molecule has 0 spiro atoms. The Balaban J connectivity index is 2.16. The van der Waals surface area contributed by atoms with Crippen molar-refractivity contribution in [2.45, 2.75) is 44.9 Å². The van der Waals surface area contributed by atoms with Gasteiger partial charge in [-0.05, 0) is 42.4 Å². The van der Waals surface area contributed by atoms with Crippen LogP contribution in [0.25, 0.3) is 0 Å². The zero-order valence-electron chi connectivity index (χ0n) is 9.58. The molecule has 0 heterocycles. The quantitative estimate of drug-likeness (QED) is 0.723. The van der Waals surface area contributed by atoms with E-state index in [2.05, 4.69) is 19.1 Å². The third-order valence-corrected chi connectivity index (χ3v) is 3.80. The fourth-order valence-electron chi connectivity index (χ4n) is 2.88. The van der Waals surface area contributed by atoms with E-state index in [0.29, 0.717) is 0 Å². The lowest BCUT2D eigenvalue weighted by Gasteiger charge is -2.31. The highest BCUT2D eigenvalue weighted by atomic mass is 14.5. The summed E-state index contributed by atoms with van der Waals surface area (Å²) >= 11 is 0. The minimum Gasteiger partial charge on any atom is -0.399 e. The standard InChI is InChI=1S/C14H21N/c1-2-11-5-3-4-6-14(11)12-7-9-13(15)10-8-12/h7-11,14H,2-6,15H2,1H3/t11-,14+/m0/s1. The molecule has 1 aliphatic rings. The molecule has 2 atom stereocenters. The van der Waals surface area contributed by atoms with E-state index in [0.717, 1.165) is 17.5 Å². The van der Waals surface area contributed by atoms with Crippen molar-refractivity contribution < 1.29 is 0 Å². The Morgan fingerprint density at radius 1 is 1.13 bits per heavy atom. The first-order valence-electron chi connectivity index (χ1n) is 6.16. The van der Waals surface area contributed by atoms with Gasteiger partial charge in [-0.1, -0.05) is 38.3 Å². The van der Waals surface area contributed by atoms with Gasteiger partial charge in [0.25, 0.3) is 0 Å². The van der Waals surface area contributed by atoms with Crippen LogP contribution in [0.1, 0.15) is 50.5 Å². The number of nitrogens with two attached hydrogens (primary N) is 1. The van der Waals surface area contributed by atoms with Crippen molar-refractivity contribution in [3.05, 3.63) is 29.8 Å². The van der Waals surface area contributed by atoms with Crippen molar-refractivity contribution in [2.24, 2.45) is 5.92 Å². The van der Waals surface area contributed by atoms with Crippen LogP contribution in [0.5, 0.6) is 0 Å². The number of benzene rings is 1. The number of hydrogen-bond acceptors (Lipinski definition) is 1. The molecule has 1 saturated carbocycles. The Bertz CT molecular complexity index is 302. The SMILES string of the molecule is CC[C@H]1CCCC[C@H]1c1ccc(N)cc1. The van der Waals surface area contributed by atoms with E-state index in [-0.39, 0.29) is 0 Å². The molecule has 1 aliphatic carbocycles. The average Bonchev–Trinajstić information content (AvgIpc) is 2.30. The number of nitrogen functional groups attached to an aromatic ring is 1. The topological polar surface area (TPSA) is 26.0 Å². The van der Waals surface area contributed by atoms with Crippen molar-refractivity contribution >= 4 is 5.69 Å². The van der Waals surface area contributed by atoms with Crippen molar-refractivity contribution in [3.8, 4) is 0 Å². The molecule has 2 rings (SSSR count). The van der Waals surface area contributed by atoms with Crippen LogP contribution in [0.2, 0.25) is 0 Å². The lowest BCUT2D eigenvalue weighted by molar-refractivity contribution is 0.299. The monoisotopic (exact) mass is 203 g/mol. The fraction of sp³-hybridized carbons (Fsp3) is 0.571. The van der Waals surface area contributed by atoms with E-state index in [4.69, 9.17) is 5.73 Å². The van der Waals surface area contributed by atoms with Crippen LogP contribution >= 0.6 is 0 Å². The Morgan fingerprint density at radius 3 is 2.47 bits per heavy atom. The van der Waals surface area contributed by atoms with Crippen molar-refractivity contribution in [2.75, 3.05) is 5.73 Å². The molecule has 1 nitrogen and oxygen atoms in total. The molecule has 2 N–H and O–H groups in total. The van der Waals surface area contributed by atoms with Gasteiger partial charge < -0.3 is 5.73 Å². The van der Waals surface area contributed by atoms with E-state index >= 15 is 0 Å². The van der Waals surface area contributed by atoms with Crippen LogP contribution in [0.4, 0.5) is 5.69 Å². The minimum atomic E-state index is 0.782. The summed E-state index contributed by atoms with van der Waals surface area (Å²) in [5, 5.41) is 0. The maximum absolute atomic E-state index is 5.72. The maximum Gasteiger partial charge on any atom is 0.0314 e. The zero-order valence-corrected chi connectivity index (χ0v) is 9.58. The van der Waals surface area contributed by atoms with Crippen LogP contribution in [0.3, 0.4) is 0 Å². The lowest BCUT2D eigenvalue weighted by atomic mass is 9.74. The summed E-state index contributed by atoms with van der Waals surface area (Å²) in [4.78, 5) is 0. The fourth-order valence-corrected chi connectivity index (χ4v) is 2.88. The molecule has 1 fully saturated rings.